The van der Waals surface area contributed by atoms with Crippen LogP contribution in [-0.2, 0) is 9.47 Å². The van der Waals surface area contributed by atoms with E-state index in [4.69, 9.17) is 14.6 Å². The molecule has 1 aliphatic rings. The van der Waals surface area contributed by atoms with Gasteiger partial charge in [0, 0.05) is 6.61 Å². The largest absolute Gasteiger partial charge is 0.395 e. The predicted octanol–water partition coefficient (Wildman–Crippen LogP) is 0.542. The Bertz CT molecular complexity index is 149. The molecule has 0 aromatic carbocycles. The second-order valence-electron chi connectivity index (χ2n) is 4.01. The first-order valence-corrected chi connectivity index (χ1v) is 5.90. The van der Waals surface area contributed by atoms with E-state index in [0.717, 1.165) is 32.4 Å². The van der Waals surface area contributed by atoms with Crippen LogP contribution in [0.3, 0.4) is 0 Å². The highest BCUT2D eigenvalue weighted by molar-refractivity contribution is 4.67. The predicted molar refractivity (Wildman–Crippen MR) is 59.0 cm³/mol. The molecule has 0 amide bonds. The third kappa shape index (κ3) is 5.47. The number of nitrogens with one attached hydrogen (secondary N) is 1. The highest BCUT2D eigenvalue weighted by atomic mass is 16.5. The number of hydrogen-bond acceptors (Lipinski definition) is 4. The van der Waals surface area contributed by atoms with Gasteiger partial charge >= 0.3 is 0 Å². The molecule has 0 aliphatic carbocycles. The van der Waals surface area contributed by atoms with Crippen molar-refractivity contribution in [1.29, 1.82) is 0 Å². The van der Waals surface area contributed by atoms with Crippen LogP contribution in [0, 0.1) is 0 Å². The molecule has 1 heterocycles. The van der Waals surface area contributed by atoms with Gasteiger partial charge in [-0.05, 0) is 25.8 Å². The highest BCUT2D eigenvalue weighted by Gasteiger charge is 2.16. The van der Waals surface area contributed by atoms with E-state index in [1.54, 1.807) is 0 Å². The minimum absolute atomic E-state index is 0.0614. The third-order valence-corrected chi connectivity index (χ3v) is 2.55. The molecule has 2 atom stereocenters. The number of ether oxygens (including phenoxy) is 2. The van der Waals surface area contributed by atoms with Crippen LogP contribution in [0.15, 0.2) is 0 Å². The summed E-state index contributed by atoms with van der Waals surface area (Å²) in [5.74, 6) is 0. The summed E-state index contributed by atoms with van der Waals surface area (Å²) in [6, 6.07) is 0.0614. The zero-order valence-corrected chi connectivity index (χ0v) is 9.58. The first-order chi connectivity index (χ1) is 7.36. The fourth-order valence-corrected chi connectivity index (χ4v) is 1.64. The molecule has 15 heavy (non-hydrogen) atoms. The summed E-state index contributed by atoms with van der Waals surface area (Å²) in [7, 11) is 0. The summed E-state index contributed by atoms with van der Waals surface area (Å²) in [5.41, 5.74) is 0. The van der Waals surface area contributed by atoms with Gasteiger partial charge in [0.1, 0.15) is 0 Å². The van der Waals surface area contributed by atoms with E-state index in [-0.39, 0.29) is 18.8 Å². The van der Waals surface area contributed by atoms with Crippen molar-refractivity contribution in [2.24, 2.45) is 0 Å². The molecule has 4 heteroatoms. The molecular weight excluding hydrogens is 194 g/mol. The SMILES string of the molecule is CCCNC(CO)COCC1CCCO1. The molecule has 0 aromatic heterocycles. The molecule has 2 unspecified atom stereocenters. The lowest BCUT2D eigenvalue weighted by Crippen LogP contribution is -2.37. The van der Waals surface area contributed by atoms with Crippen LogP contribution < -0.4 is 5.32 Å². The number of hydrogen-bond donors (Lipinski definition) is 2. The molecule has 1 rings (SSSR count). The minimum atomic E-state index is 0.0614. The Morgan fingerprint density at radius 1 is 1.60 bits per heavy atom. The first-order valence-electron chi connectivity index (χ1n) is 5.90. The van der Waals surface area contributed by atoms with Gasteiger partial charge in [0.15, 0.2) is 0 Å². The Kier molecular flexibility index (Phi) is 6.92. The van der Waals surface area contributed by atoms with Gasteiger partial charge in [-0.1, -0.05) is 6.92 Å². The van der Waals surface area contributed by atoms with E-state index in [1.165, 1.54) is 0 Å². The highest BCUT2D eigenvalue weighted by Crippen LogP contribution is 2.11. The molecular formula is C11H23NO3. The summed E-state index contributed by atoms with van der Waals surface area (Å²) in [6.07, 6.45) is 3.59. The van der Waals surface area contributed by atoms with E-state index >= 15 is 0 Å². The molecule has 0 spiro atoms. The van der Waals surface area contributed by atoms with Crippen LogP contribution >= 0.6 is 0 Å². The van der Waals surface area contributed by atoms with Crippen LogP contribution in [0.25, 0.3) is 0 Å². The van der Waals surface area contributed by atoms with Crippen molar-refractivity contribution in [3.63, 3.8) is 0 Å². The van der Waals surface area contributed by atoms with Crippen molar-refractivity contribution in [1.82, 2.24) is 5.32 Å². The number of rotatable bonds is 8. The summed E-state index contributed by atoms with van der Waals surface area (Å²) in [6.45, 7) is 5.25. The lowest BCUT2D eigenvalue weighted by Gasteiger charge is -2.17. The van der Waals surface area contributed by atoms with Gasteiger partial charge in [-0.2, -0.15) is 0 Å². The van der Waals surface area contributed by atoms with Gasteiger partial charge in [0.25, 0.3) is 0 Å². The second kappa shape index (κ2) is 8.05. The van der Waals surface area contributed by atoms with Crippen LogP contribution in [0.4, 0.5) is 0 Å². The Balaban J connectivity index is 2.00. The number of aliphatic hydroxyl groups excluding tert-OH is 1. The molecule has 1 fully saturated rings. The van der Waals surface area contributed by atoms with E-state index < -0.39 is 0 Å². The fraction of sp³-hybridized carbons (Fsp3) is 1.00. The molecule has 0 aromatic rings. The zero-order chi connectivity index (χ0) is 10.9. The molecule has 4 nitrogen and oxygen atoms in total. The van der Waals surface area contributed by atoms with Crippen molar-refractivity contribution in [3.8, 4) is 0 Å². The number of aliphatic hydroxyl groups is 1. The monoisotopic (exact) mass is 217 g/mol. The molecule has 0 radical (unpaired) electrons. The smallest absolute Gasteiger partial charge is 0.0809 e. The zero-order valence-electron chi connectivity index (χ0n) is 9.58. The van der Waals surface area contributed by atoms with Crippen molar-refractivity contribution in [2.75, 3.05) is 33.0 Å². The van der Waals surface area contributed by atoms with E-state index in [0.29, 0.717) is 13.2 Å². The summed E-state index contributed by atoms with van der Waals surface area (Å²) in [4.78, 5) is 0. The first kappa shape index (κ1) is 12.9. The maximum Gasteiger partial charge on any atom is 0.0809 e. The average Bonchev–Trinajstić information content (AvgIpc) is 2.76. The van der Waals surface area contributed by atoms with Crippen LogP contribution in [-0.4, -0.2) is 50.2 Å². The standard InChI is InChI=1S/C11H23NO3/c1-2-5-12-10(7-13)8-14-9-11-4-3-6-15-11/h10-13H,2-9H2,1H3. The summed E-state index contributed by atoms with van der Waals surface area (Å²) in [5, 5.41) is 12.3. The van der Waals surface area contributed by atoms with Crippen molar-refractivity contribution < 1.29 is 14.6 Å². The van der Waals surface area contributed by atoms with Gasteiger partial charge in [-0.3, -0.25) is 0 Å². The average molecular weight is 217 g/mol. The van der Waals surface area contributed by atoms with Crippen molar-refractivity contribution >= 4 is 0 Å². The maximum absolute atomic E-state index is 9.07. The fourth-order valence-electron chi connectivity index (χ4n) is 1.64. The molecule has 1 aliphatic heterocycles. The normalized spacial score (nSPS) is 23.2. The Labute approximate surface area is 92.0 Å². The molecule has 0 saturated carbocycles. The molecule has 0 bridgehead atoms. The molecule has 90 valence electrons. The van der Waals surface area contributed by atoms with E-state index in [2.05, 4.69) is 12.2 Å². The van der Waals surface area contributed by atoms with Crippen LogP contribution in [0.1, 0.15) is 26.2 Å². The summed E-state index contributed by atoms with van der Waals surface area (Å²) < 4.78 is 11.0. The topological polar surface area (TPSA) is 50.7 Å². The van der Waals surface area contributed by atoms with Crippen molar-refractivity contribution in [2.45, 2.75) is 38.3 Å². The minimum Gasteiger partial charge on any atom is -0.395 e. The third-order valence-electron chi connectivity index (χ3n) is 2.55. The second-order valence-corrected chi connectivity index (χ2v) is 4.01. The molecule has 2 N–H and O–H groups in total. The maximum atomic E-state index is 9.07. The lowest BCUT2D eigenvalue weighted by molar-refractivity contribution is 0.00499. The van der Waals surface area contributed by atoms with Gasteiger partial charge in [0.2, 0.25) is 0 Å². The van der Waals surface area contributed by atoms with Gasteiger partial charge < -0.3 is 19.9 Å². The Morgan fingerprint density at radius 2 is 2.47 bits per heavy atom. The lowest BCUT2D eigenvalue weighted by atomic mass is 10.2. The van der Waals surface area contributed by atoms with E-state index in [1.807, 2.05) is 0 Å². The summed E-state index contributed by atoms with van der Waals surface area (Å²) >= 11 is 0. The van der Waals surface area contributed by atoms with E-state index in [9.17, 15) is 0 Å². The Morgan fingerprint density at radius 3 is 3.07 bits per heavy atom. The van der Waals surface area contributed by atoms with Crippen LogP contribution in [0.2, 0.25) is 0 Å². The van der Waals surface area contributed by atoms with Gasteiger partial charge in [-0.15, -0.1) is 0 Å². The van der Waals surface area contributed by atoms with Crippen LogP contribution in [0.5, 0.6) is 0 Å². The quantitative estimate of drug-likeness (QED) is 0.623. The van der Waals surface area contributed by atoms with Crippen molar-refractivity contribution in [3.05, 3.63) is 0 Å². The van der Waals surface area contributed by atoms with Gasteiger partial charge in [-0.25, -0.2) is 0 Å². The molecule has 1 saturated heterocycles. The Hall–Kier alpha value is -0.160. The van der Waals surface area contributed by atoms with Gasteiger partial charge in [0.05, 0.1) is 32.0 Å².